The first kappa shape index (κ1) is 10.4. The van der Waals surface area contributed by atoms with Crippen molar-refractivity contribution in [2.45, 2.75) is 6.92 Å². The fraction of sp³-hybridized carbons (Fsp3) is 0.750. The Morgan fingerprint density at radius 3 is 2.38 bits per heavy atom. The Balaban J connectivity index is 0. The third-order valence-corrected chi connectivity index (χ3v) is 0.434. The summed E-state index contributed by atoms with van der Waals surface area (Å²) >= 11 is 0. The van der Waals surface area contributed by atoms with Crippen molar-refractivity contribution in [1.29, 1.82) is 0 Å². The molecular weight excluding hydrogens is 112 g/mol. The number of rotatable bonds is 2. The smallest absolute Gasteiger partial charge is 0.331 e. The Bertz CT molecular complexity index is 61.1. The highest BCUT2D eigenvalue weighted by atomic mass is 16.5. The maximum Gasteiger partial charge on any atom is 0.331 e. The van der Waals surface area contributed by atoms with Gasteiger partial charge < -0.3 is 15.3 Å². The number of hydrogen-bond donors (Lipinski definition) is 1. The first-order chi connectivity index (χ1) is 3.31. The van der Waals surface area contributed by atoms with Crippen molar-refractivity contribution < 1.29 is 20.1 Å². The van der Waals surface area contributed by atoms with E-state index in [9.17, 15) is 4.79 Å². The molecule has 3 N–H and O–H groups in total. The van der Waals surface area contributed by atoms with E-state index in [0.717, 1.165) is 0 Å². The summed E-state index contributed by atoms with van der Waals surface area (Å²) in [6, 6.07) is 0. The van der Waals surface area contributed by atoms with Gasteiger partial charge in [-0.2, -0.15) is 0 Å². The van der Waals surface area contributed by atoms with Gasteiger partial charge in [0.15, 0.2) is 0 Å². The lowest BCUT2D eigenvalue weighted by atomic mass is 10.7. The van der Waals surface area contributed by atoms with Crippen LogP contribution in [0, 0.1) is 0 Å². The van der Waals surface area contributed by atoms with E-state index in [-0.39, 0.29) is 5.48 Å². The van der Waals surface area contributed by atoms with Crippen LogP contribution in [0.2, 0.25) is 0 Å². The molecule has 50 valence electrons. The Hall–Kier alpha value is -0.610. The molecule has 0 aliphatic carbocycles. The molecule has 0 aromatic rings. The number of carbonyl (C=O) groups excluding carboxylic acids is 1. The summed E-state index contributed by atoms with van der Waals surface area (Å²) in [5.41, 5.74) is 0. The third-order valence-electron chi connectivity index (χ3n) is 0.434. The molecule has 0 saturated heterocycles. The zero-order valence-electron chi connectivity index (χ0n) is 4.68. The molecule has 0 aromatic heterocycles. The van der Waals surface area contributed by atoms with E-state index in [0.29, 0.717) is 6.61 Å². The van der Waals surface area contributed by atoms with Crippen LogP contribution in [0.15, 0.2) is 0 Å². The Kier molecular flexibility index (Phi) is 8.30. The Morgan fingerprint density at radius 2 is 2.25 bits per heavy atom. The highest BCUT2D eigenvalue weighted by Crippen LogP contribution is 1.71. The summed E-state index contributed by atoms with van der Waals surface area (Å²) in [5, 5.41) is 7.99. The molecule has 0 saturated carbocycles. The van der Waals surface area contributed by atoms with Crippen LogP contribution in [-0.4, -0.2) is 29.8 Å². The van der Waals surface area contributed by atoms with Gasteiger partial charge in [-0.15, -0.1) is 0 Å². The minimum Gasteiger partial charge on any atom is -0.464 e. The second kappa shape index (κ2) is 6.39. The SMILES string of the molecule is CCOC(=O)CO.O. The van der Waals surface area contributed by atoms with Crippen molar-refractivity contribution in [2.75, 3.05) is 13.2 Å². The number of esters is 1. The molecule has 0 amide bonds. The molecule has 4 heteroatoms. The average molecular weight is 122 g/mol. The van der Waals surface area contributed by atoms with Gasteiger partial charge in [0, 0.05) is 0 Å². The summed E-state index contributed by atoms with van der Waals surface area (Å²) in [6.45, 7) is 1.50. The monoisotopic (exact) mass is 122 g/mol. The van der Waals surface area contributed by atoms with Crippen LogP contribution < -0.4 is 0 Å². The number of hydrogen-bond acceptors (Lipinski definition) is 3. The second-order valence-electron chi connectivity index (χ2n) is 0.963. The minimum absolute atomic E-state index is 0. The van der Waals surface area contributed by atoms with Gasteiger partial charge in [-0.1, -0.05) is 0 Å². The zero-order valence-corrected chi connectivity index (χ0v) is 4.68. The van der Waals surface area contributed by atoms with E-state index in [1.165, 1.54) is 0 Å². The lowest BCUT2D eigenvalue weighted by Crippen LogP contribution is -2.07. The van der Waals surface area contributed by atoms with Crippen LogP contribution in [0.3, 0.4) is 0 Å². The highest BCUT2D eigenvalue weighted by molar-refractivity contribution is 5.70. The summed E-state index contributed by atoms with van der Waals surface area (Å²) in [7, 11) is 0. The predicted octanol–water partition coefficient (Wildman–Crippen LogP) is -1.28. The zero-order chi connectivity index (χ0) is 5.70. The van der Waals surface area contributed by atoms with E-state index in [2.05, 4.69) is 4.74 Å². The first-order valence-electron chi connectivity index (χ1n) is 2.07. The lowest BCUT2D eigenvalue weighted by molar-refractivity contribution is -0.146. The van der Waals surface area contributed by atoms with Crippen molar-refractivity contribution in [2.24, 2.45) is 0 Å². The van der Waals surface area contributed by atoms with Crippen molar-refractivity contribution in [1.82, 2.24) is 0 Å². The van der Waals surface area contributed by atoms with Gasteiger partial charge in [0.25, 0.3) is 0 Å². The topological polar surface area (TPSA) is 78.0 Å². The molecule has 0 heterocycles. The lowest BCUT2D eigenvalue weighted by Gasteiger charge is -1.93. The summed E-state index contributed by atoms with van der Waals surface area (Å²) in [5.74, 6) is -0.567. The summed E-state index contributed by atoms with van der Waals surface area (Å²) < 4.78 is 4.30. The minimum atomic E-state index is -0.567. The fourth-order valence-electron chi connectivity index (χ4n) is 0.207. The van der Waals surface area contributed by atoms with Crippen LogP contribution in [0.5, 0.6) is 0 Å². The molecule has 0 aliphatic heterocycles. The van der Waals surface area contributed by atoms with Gasteiger partial charge in [0.05, 0.1) is 6.61 Å². The van der Waals surface area contributed by atoms with Crippen molar-refractivity contribution in [3.05, 3.63) is 0 Å². The molecular formula is C4H10O4. The highest BCUT2D eigenvalue weighted by Gasteiger charge is 1.92. The second-order valence-corrected chi connectivity index (χ2v) is 0.963. The number of aliphatic hydroxyl groups excluding tert-OH is 1. The van der Waals surface area contributed by atoms with Crippen LogP contribution in [0.25, 0.3) is 0 Å². The number of aliphatic hydroxyl groups is 1. The molecule has 0 unspecified atom stereocenters. The molecule has 0 rings (SSSR count). The average Bonchev–Trinajstić information content (AvgIpc) is 1.68. The molecule has 0 bridgehead atoms. The molecule has 0 aromatic carbocycles. The van der Waals surface area contributed by atoms with Gasteiger partial charge in [0.1, 0.15) is 6.61 Å². The van der Waals surface area contributed by atoms with Gasteiger partial charge in [-0.25, -0.2) is 4.79 Å². The van der Waals surface area contributed by atoms with Crippen molar-refractivity contribution >= 4 is 5.97 Å². The van der Waals surface area contributed by atoms with E-state index in [1.807, 2.05) is 0 Å². The Morgan fingerprint density at radius 1 is 1.75 bits per heavy atom. The normalized spacial score (nSPS) is 7.25. The molecule has 0 radical (unpaired) electrons. The fourth-order valence-corrected chi connectivity index (χ4v) is 0.207. The van der Waals surface area contributed by atoms with E-state index >= 15 is 0 Å². The maximum absolute atomic E-state index is 9.94. The van der Waals surface area contributed by atoms with Crippen molar-refractivity contribution in [3.8, 4) is 0 Å². The molecule has 8 heavy (non-hydrogen) atoms. The van der Waals surface area contributed by atoms with Crippen molar-refractivity contribution in [3.63, 3.8) is 0 Å². The summed E-state index contributed by atoms with van der Waals surface area (Å²) in [6.07, 6.45) is 0. The maximum atomic E-state index is 9.94. The Labute approximate surface area is 47.4 Å². The molecule has 0 atom stereocenters. The molecule has 4 nitrogen and oxygen atoms in total. The molecule has 0 aliphatic rings. The number of ether oxygens (including phenoxy) is 1. The van der Waals surface area contributed by atoms with E-state index in [4.69, 9.17) is 5.11 Å². The van der Waals surface area contributed by atoms with Crippen LogP contribution in [0.4, 0.5) is 0 Å². The van der Waals surface area contributed by atoms with E-state index in [1.54, 1.807) is 6.92 Å². The standard InChI is InChI=1S/C4H8O3.H2O/c1-2-7-4(6)3-5;/h5H,2-3H2,1H3;1H2. The largest absolute Gasteiger partial charge is 0.464 e. The van der Waals surface area contributed by atoms with Crippen LogP contribution in [0.1, 0.15) is 6.92 Å². The van der Waals surface area contributed by atoms with E-state index < -0.39 is 12.6 Å². The van der Waals surface area contributed by atoms with Gasteiger partial charge in [-0.05, 0) is 6.92 Å². The molecule has 0 spiro atoms. The first-order valence-corrected chi connectivity index (χ1v) is 2.07. The predicted molar refractivity (Wildman–Crippen MR) is 27.3 cm³/mol. The van der Waals surface area contributed by atoms with Crippen LogP contribution in [-0.2, 0) is 9.53 Å². The van der Waals surface area contributed by atoms with Gasteiger partial charge >= 0.3 is 5.97 Å². The van der Waals surface area contributed by atoms with Gasteiger partial charge in [0.2, 0.25) is 0 Å². The van der Waals surface area contributed by atoms with Gasteiger partial charge in [-0.3, -0.25) is 0 Å². The van der Waals surface area contributed by atoms with Crippen LogP contribution >= 0.6 is 0 Å². The third kappa shape index (κ3) is 5.39. The quantitative estimate of drug-likeness (QED) is 0.463. The number of carbonyl (C=O) groups is 1. The summed E-state index contributed by atoms with van der Waals surface area (Å²) in [4.78, 5) is 9.94. The molecule has 0 fully saturated rings.